The first-order valence-electron chi connectivity index (χ1n) is 4.28. The van der Waals surface area contributed by atoms with E-state index in [9.17, 15) is 4.79 Å². The van der Waals surface area contributed by atoms with Gasteiger partial charge >= 0.3 is 5.97 Å². The molecule has 0 heterocycles. The van der Waals surface area contributed by atoms with Crippen LogP contribution >= 0.6 is 0 Å². The number of nitrogen functional groups attached to an aromatic ring is 1. The summed E-state index contributed by atoms with van der Waals surface area (Å²) in [6, 6.07) is 6.96. The third kappa shape index (κ3) is 3.26. The number of rotatable bonds is 3. The van der Waals surface area contributed by atoms with Gasteiger partial charge in [-0.15, -0.1) is 0 Å². The third-order valence-corrected chi connectivity index (χ3v) is 1.48. The van der Waals surface area contributed by atoms with Crippen LogP contribution in [0.2, 0.25) is 0 Å². The molecule has 0 spiro atoms. The van der Waals surface area contributed by atoms with Crippen molar-refractivity contribution in [2.45, 2.75) is 6.92 Å². The van der Waals surface area contributed by atoms with Crippen LogP contribution in [0.3, 0.4) is 0 Å². The van der Waals surface area contributed by atoms with Crippen LogP contribution in [-0.4, -0.2) is 18.8 Å². The van der Waals surface area contributed by atoms with Gasteiger partial charge in [-0.2, -0.15) is 0 Å². The Morgan fingerprint density at radius 1 is 1.64 bits per heavy atom. The molecular weight excluding hydrogens is 180 g/mol. The molecule has 1 aromatic carbocycles. The Morgan fingerprint density at radius 2 is 2.43 bits per heavy atom. The molecule has 0 saturated carbocycles. The van der Waals surface area contributed by atoms with Crippen LogP contribution in [-0.2, 0) is 9.53 Å². The molecule has 1 aromatic rings. The molecule has 0 radical (unpaired) electrons. The zero-order valence-electron chi connectivity index (χ0n) is 7.93. The van der Waals surface area contributed by atoms with E-state index in [-0.39, 0.29) is 0 Å². The van der Waals surface area contributed by atoms with Gasteiger partial charge in [0.15, 0.2) is 0 Å². The first-order valence-corrected chi connectivity index (χ1v) is 4.28. The second-order valence-electron chi connectivity index (χ2n) is 2.61. The summed E-state index contributed by atoms with van der Waals surface area (Å²) < 4.78 is 4.67. The molecule has 0 saturated heterocycles. The lowest BCUT2D eigenvalue weighted by Crippen LogP contribution is -2.04. The van der Waals surface area contributed by atoms with E-state index < -0.39 is 5.97 Å². The van der Waals surface area contributed by atoms with E-state index in [0.29, 0.717) is 18.0 Å². The first-order chi connectivity index (χ1) is 6.72. The minimum atomic E-state index is -0.449. The summed E-state index contributed by atoms with van der Waals surface area (Å²) in [5.41, 5.74) is 6.79. The smallest absolute Gasteiger partial charge is 0.349 e. The lowest BCUT2D eigenvalue weighted by molar-refractivity contribution is -0.134. The molecule has 4 heteroatoms. The predicted octanol–water partition coefficient (Wildman–Crippen LogP) is 1.53. The van der Waals surface area contributed by atoms with Crippen LogP contribution in [0.5, 0.6) is 0 Å². The summed E-state index contributed by atoms with van der Waals surface area (Å²) >= 11 is 0. The number of nitrogens with two attached hydrogens (primary N) is 1. The van der Waals surface area contributed by atoms with Crippen molar-refractivity contribution in [2.24, 2.45) is 4.99 Å². The molecule has 0 atom stereocenters. The van der Waals surface area contributed by atoms with Gasteiger partial charge in [0.2, 0.25) is 0 Å². The Labute approximate surface area is 82.4 Å². The lowest BCUT2D eigenvalue weighted by Gasteiger charge is -1.96. The minimum Gasteiger partial charge on any atom is -0.462 e. The number of benzene rings is 1. The molecule has 4 nitrogen and oxygen atoms in total. The van der Waals surface area contributed by atoms with E-state index in [4.69, 9.17) is 5.73 Å². The van der Waals surface area contributed by atoms with Crippen molar-refractivity contribution < 1.29 is 9.53 Å². The largest absolute Gasteiger partial charge is 0.462 e. The average Bonchev–Trinajstić information content (AvgIpc) is 2.15. The highest BCUT2D eigenvalue weighted by atomic mass is 16.5. The van der Waals surface area contributed by atoms with Crippen molar-refractivity contribution in [1.82, 2.24) is 0 Å². The SMILES string of the molecule is CCOC(=O)C=Nc1cccc(N)c1. The Kier molecular flexibility index (Phi) is 3.67. The number of nitrogens with zero attached hydrogens (tertiary/aromatic N) is 1. The van der Waals surface area contributed by atoms with E-state index in [2.05, 4.69) is 9.73 Å². The number of carbonyl (C=O) groups excluding carboxylic acids is 1. The molecule has 0 aliphatic heterocycles. The van der Waals surface area contributed by atoms with Gasteiger partial charge in [0.25, 0.3) is 0 Å². The molecule has 14 heavy (non-hydrogen) atoms. The molecule has 0 amide bonds. The number of aliphatic imine (C=N–C) groups is 1. The zero-order valence-corrected chi connectivity index (χ0v) is 7.93. The molecule has 0 bridgehead atoms. The highest BCUT2D eigenvalue weighted by Crippen LogP contribution is 2.14. The standard InChI is InChI=1S/C10H12N2O2/c1-2-14-10(13)7-12-9-5-3-4-8(11)6-9/h3-7H,2,11H2,1H3. The van der Waals surface area contributed by atoms with Gasteiger partial charge in [0.05, 0.1) is 12.3 Å². The fourth-order valence-electron chi connectivity index (χ4n) is 0.912. The number of hydrogen-bond acceptors (Lipinski definition) is 4. The van der Waals surface area contributed by atoms with Crippen molar-refractivity contribution in [1.29, 1.82) is 0 Å². The number of hydrogen-bond donors (Lipinski definition) is 1. The Morgan fingerprint density at radius 3 is 3.07 bits per heavy atom. The maximum absolute atomic E-state index is 10.9. The second kappa shape index (κ2) is 5.01. The predicted molar refractivity (Wildman–Crippen MR) is 55.6 cm³/mol. The number of anilines is 1. The molecule has 0 aliphatic rings. The highest BCUT2D eigenvalue weighted by molar-refractivity contribution is 6.23. The first kappa shape index (κ1) is 10.2. The van der Waals surface area contributed by atoms with Crippen LogP contribution in [0.15, 0.2) is 29.3 Å². The zero-order chi connectivity index (χ0) is 10.4. The van der Waals surface area contributed by atoms with Gasteiger partial charge < -0.3 is 10.5 Å². The molecule has 1 rings (SSSR count). The van der Waals surface area contributed by atoms with Gasteiger partial charge in [0.1, 0.15) is 6.21 Å². The van der Waals surface area contributed by atoms with Crippen LogP contribution in [0, 0.1) is 0 Å². The van der Waals surface area contributed by atoms with Crippen LogP contribution in [0.25, 0.3) is 0 Å². The number of esters is 1. The van der Waals surface area contributed by atoms with Crippen molar-refractivity contribution in [3.05, 3.63) is 24.3 Å². The lowest BCUT2D eigenvalue weighted by atomic mass is 10.3. The molecule has 0 aromatic heterocycles. The second-order valence-corrected chi connectivity index (χ2v) is 2.61. The molecule has 2 N–H and O–H groups in total. The molecular formula is C10H12N2O2. The van der Waals surface area contributed by atoms with Crippen molar-refractivity contribution in [3.63, 3.8) is 0 Å². The fourth-order valence-corrected chi connectivity index (χ4v) is 0.912. The van der Waals surface area contributed by atoms with Crippen molar-refractivity contribution in [3.8, 4) is 0 Å². The summed E-state index contributed by atoms with van der Waals surface area (Å²) in [6.45, 7) is 2.09. The minimum absolute atomic E-state index is 0.349. The Bertz CT molecular complexity index is 348. The molecule has 74 valence electrons. The number of carbonyl (C=O) groups is 1. The maximum Gasteiger partial charge on any atom is 0.349 e. The van der Waals surface area contributed by atoms with E-state index in [1.54, 1.807) is 31.2 Å². The normalized spacial score (nSPS) is 10.4. The number of ether oxygens (including phenoxy) is 1. The summed E-state index contributed by atoms with van der Waals surface area (Å²) in [7, 11) is 0. The fraction of sp³-hybridized carbons (Fsp3) is 0.200. The van der Waals surface area contributed by atoms with E-state index >= 15 is 0 Å². The third-order valence-electron chi connectivity index (χ3n) is 1.48. The molecule has 0 aliphatic carbocycles. The van der Waals surface area contributed by atoms with E-state index in [1.165, 1.54) is 0 Å². The van der Waals surface area contributed by atoms with Crippen LogP contribution < -0.4 is 5.73 Å². The molecule has 0 unspecified atom stereocenters. The summed E-state index contributed by atoms with van der Waals surface area (Å²) in [5, 5.41) is 0. The van der Waals surface area contributed by atoms with E-state index in [1.807, 2.05) is 0 Å². The van der Waals surface area contributed by atoms with Gasteiger partial charge in [-0.05, 0) is 25.1 Å². The topological polar surface area (TPSA) is 64.7 Å². The molecule has 0 fully saturated rings. The van der Waals surface area contributed by atoms with Crippen molar-refractivity contribution in [2.75, 3.05) is 12.3 Å². The maximum atomic E-state index is 10.9. The summed E-state index contributed by atoms with van der Waals surface area (Å²) in [6.07, 6.45) is 1.14. The van der Waals surface area contributed by atoms with Crippen LogP contribution in [0.1, 0.15) is 6.92 Å². The van der Waals surface area contributed by atoms with E-state index in [0.717, 1.165) is 6.21 Å². The van der Waals surface area contributed by atoms with Gasteiger partial charge in [0, 0.05) is 5.69 Å². The Balaban J connectivity index is 2.64. The Hall–Kier alpha value is -1.84. The summed E-state index contributed by atoms with van der Waals surface area (Å²) in [4.78, 5) is 14.8. The van der Waals surface area contributed by atoms with Crippen molar-refractivity contribution >= 4 is 23.6 Å². The van der Waals surface area contributed by atoms with Crippen LogP contribution in [0.4, 0.5) is 11.4 Å². The van der Waals surface area contributed by atoms with Gasteiger partial charge in [-0.1, -0.05) is 6.07 Å². The average molecular weight is 192 g/mol. The van der Waals surface area contributed by atoms with Gasteiger partial charge in [-0.3, -0.25) is 0 Å². The monoisotopic (exact) mass is 192 g/mol. The quantitative estimate of drug-likeness (QED) is 0.448. The highest BCUT2D eigenvalue weighted by Gasteiger charge is 1.95. The summed E-state index contributed by atoms with van der Waals surface area (Å²) in [5.74, 6) is -0.449. The van der Waals surface area contributed by atoms with Gasteiger partial charge in [-0.25, -0.2) is 9.79 Å².